The van der Waals surface area contributed by atoms with Crippen molar-refractivity contribution in [2.45, 2.75) is 38.6 Å². The number of nitro groups is 1. The van der Waals surface area contributed by atoms with Crippen LogP contribution in [-0.4, -0.2) is 16.9 Å². The second-order valence-corrected chi connectivity index (χ2v) is 7.75. The Balaban J connectivity index is 1.65. The Morgan fingerprint density at radius 1 is 1.44 bits per heavy atom. The van der Waals surface area contributed by atoms with Crippen LogP contribution in [0.5, 0.6) is 0 Å². The fraction of sp³-hybridized carbons (Fsp3) is 0.474. The third-order valence-corrected chi connectivity index (χ3v) is 6.03. The molecule has 2 bridgehead atoms. The first kappa shape index (κ1) is 19.2. The SMILES string of the molecule is CC(N/C=C(/C#N)C(=O)Nc1cc([N+](=O)[O-])ccc1Cl)C1CC2CCC1C2. The Hall–Kier alpha value is -2.59. The molecule has 2 fully saturated rings. The van der Waals surface area contributed by atoms with E-state index in [4.69, 9.17) is 11.6 Å². The summed E-state index contributed by atoms with van der Waals surface area (Å²) in [6, 6.07) is 5.80. The molecule has 27 heavy (non-hydrogen) atoms. The smallest absolute Gasteiger partial charge is 0.271 e. The lowest BCUT2D eigenvalue weighted by Crippen LogP contribution is -2.34. The number of amides is 1. The predicted octanol–water partition coefficient (Wildman–Crippen LogP) is 4.01. The van der Waals surface area contributed by atoms with E-state index in [0.29, 0.717) is 5.92 Å². The van der Waals surface area contributed by atoms with Gasteiger partial charge in [0.15, 0.2) is 0 Å². The number of non-ortho nitro benzene ring substituents is 1. The number of hydrogen-bond donors (Lipinski definition) is 2. The van der Waals surface area contributed by atoms with Gasteiger partial charge in [0.05, 0.1) is 15.6 Å². The molecular formula is C19H21ClN4O3. The number of fused-ring (bicyclic) bond motifs is 2. The van der Waals surface area contributed by atoms with Crippen LogP contribution in [0.15, 0.2) is 30.0 Å². The van der Waals surface area contributed by atoms with E-state index in [-0.39, 0.29) is 28.0 Å². The fourth-order valence-corrected chi connectivity index (χ4v) is 4.47. The highest BCUT2D eigenvalue weighted by Gasteiger charge is 2.41. The zero-order valence-electron chi connectivity index (χ0n) is 14.9. The van der Waals surface area contributed by atoms with Crippen molar-refractivity contribution in [3.05, 3.63) is 45.1 Å². The molecule has 2 saturated carbocycles. The minimum absolute atomic E-state index is 0.0955. The van der Waals surface area contributed by atoms with Gasteiger partial charge < -0.3 is 10.6 Å². The quantitative estimate of drug-likeness (QED) is 0.331. The summed E-state index contributed by atoms with van der Waals surface area (Å²) in [5.74, 6) is 1.46. The number of nitrogens with one attached hydrogen (secondary N) is 2. The maximum atomic E-state index is 12.4. The van der Waals surface area contributed by atoms with Gasteiger partial charge in [0.2, 0.25) is 0 Å². The number of nitrogens with zero attached hydrogens (tertiary/aromatic N) is 2. The van der Waals surface area contributed by atoms with Gasteiger partial charge >= 0.3 is 0 Å². The van der Waals surface area contributed by atoms with Crippen LogP contribution in [0.4, 0.5) is 11.4 Å². The number of nitro benzene ring substituents is 1. The second-order valence-electron chi connectivity index (χ2n) is 7.34. The maximum Gasteiger partial charge on any atom is 0.271 e. The summed E-state index contributed by atoms with van der Waals surface area (Å²) >= 11 is 5.99. The first-order valence-electron chi connectivity index (χ1n) is 9.00. The molecule has 0 spiro atoms. The highest BCUT2D eigenvalue weighted by atomic mass is 35.5. The van der Waals surface area contributed by atoms with E-state index < -0.39 is 10.8 Å². The van der Waals surface area contributed by atoms with Gasteiger partial charge in [-0.1, -0.05) is 18.0 Å². The van der Waals surface area contributed by atoms with E-state index in [0.717, 1.165) is 11.8 Å². The standard InChI is InChI=1S/C19H21ClN4O3/c1-11(16-7-12-2-3-13(16)6-12)22-10-14(9-21)19(25)23-18-8-15(24(26)27)4-5-17(18)20/h4-5,8,10-13,16,22H,2-3,6-7H2,1H3,(H,23,25)/b14-10-. The molecule has 0 aromatic heterocycles. The third kappa shape index (κ3) is 4.22. The van der Waals surface area contributed by atoms with Crippen LogP contribution in [-0.2, 0) is 4.79 Å². The summed E-state index contributed by atoms with van der Waals surface area (Å²) < 4.78 is 0. The van der Waals surface area contributed by atoms with Gasteiger partial charge in [-0.25, -0.2) is 0 Å². The zero-order chi connectivity index (χ0) is 19.6. The number of hydrogen-bond acceptors (Lipinski definition) is 5. The van der Waals surface area contributed by atoms with Crippen LogP contribution in [0.2, 0.25) is 5.02 Å². The molecule has 2 N–H and O–H groups in total. The average molecular weight is 389 g/mol. The Morgan fingerprint density at radius 2 is 2.22 bits per heavy atom. The average Bonchev–Trinajstić information content (AvgIpc) is 3.27. The van der Waals surface area contributed by atoms with Crippen LogP contribution < -0.4 is 10.6 Å². The van der Waals surface area contributed by atoms with Crippen molar-refractivity contribution < 1.29 is 9.72 Å². The number of carbonyl (C=O) groups is 1. The van der Waals surface area contributed by atoms with Gasteiger partial charge in [-0.3, -0.25) is 14.9 Å². The lowest BCUT2D eigenvalue weighted by Gasteiger charge is -2.28. The molecule has 4 unspecified atom stereocenters. The Morgan fingerprint density at radius 3 is 2.81 bits per heavy atom. The third-order valence-electron chi connectivity index (χ3n) is 5.70. The molecule has 2 aliphatic carbocycles. The van der Waals surface area contributed by atoms with Crippen molar-refractivity contribution in [2.75, 3.05) is 5.32 Å². The first-order valence-corrected chi connectivity index (χ1v) is 9.38. The number of halogens is 1. The molecule has 0 aliphatic heterocycles. The van der Waals surface area contributed by atoms with Gasteiger partial charge in [0, 0.05) is 24.4 Å². The lowest BCUT2D eigenvalue weighted by molar-refractivity contribution is -0.384. The van der Waals surface area contributed by atoms with E-state index in [2.05, 4.69) is 17.6 Å². The van der Waals surface area contributed by atoms with Gasteiger partial charge in [0.1, 0.15) is 11.6 Å². The number of benzene rings is 1. The summed E-state index contributed by atoms with van der Waals surface area (Å²) in [6.07, 6.45) is 6.50. The highest BCUT2D eigenvalue weighted by molar-refractivity contribution is 6.34. The van der Waals surface area contributed by atoms with E-state index in [1.807, 2.05) is 6.07 Å². The van der Waals surface area contributed by atoms with Crippen molar-refractivity contribution in [1.29, 1.82) is 5.26 Å². The molecule has 8 heteroatoms. The number of anilines is 1. The minimum Gasteiger partial charge on any atom is -0.387 e. The summed E-state index contributed by atoms with van der Waals surface area (Å²) in [5.41, 5.74) is -0.203. The monoisotopic (exact) mass is 388 g/mol. The lowest BCUT2D eigenvalue weighted by atomic mass is 9.84. The van der Waals surface area contributed by atoms with Gasteiger partial charge in [-0.2, -0.15) is 5.26 Å². The number of carbonyl (C=O) groups excluding carboxylic acids is 1. The molecule has 7 nitrogen and oxygen atoms in total. The van der Waals surface area contributed by atoms with E-state index in [9.17, 15) is 20.2 Å². The van der Waals surface area contributed by atoms with Gasteiger partial charge in [0.25, 0.3) is 11.6 Å². The van der Waals surface area contributed by atoms with E-state index >= 15 is 0 Å². The molecule has 0 heterocycles. The van der Waals surface area contributed by atoms with Gasteiger partial charge in [-0.05, 0) is 50.0 Å². The summed E-state index contributed by atoms with van der Waals surface area (Å²) in [4.78, 5) is 22.7. The molecule has 0 radical (unpaired) electrons. The predicted molar refractivity (Wildman–Crippen MR) is 102 cm³/mol. The topological polar surface area (TPSA) is 108 Å². The van der Waals surface area contributed by atoms with Crippen molar-refractivity contribution in [2.24, 2.45) is 17.8 Å². The minimum atomic E-state index is -0.660. The molecule has 1 aromatic carbocycles. The first-order chi connectivity index (χ1) is 12.9. The van der Waals surface area contributed by atoms with E-state index in [1.54, 1.807) is 0 Å². The van der Waals surface area contributed by atoms with Crippen LogP contribution in [0.3, 0.4) is 0 Å². The number of nitriles is 1. The Kier molecular flexibility index (Phi) is 5.66. The Bertz CT molecular complexity index is 833. The molecule has 1 amide bonds. The van der Waals surface area contributed by atoms with Crippen LogP contribution in [0.25, 0.3) is 0 Å². The molecule has 4 atom stereocenters. The highest BCUT2D eigenvalue weighted by Crippen LogP contribution is 2.49. The van der Waals surface area contributed by atoms with Gasteiger partial charge in [-0.15, -0.1) is 0 Å². The normalized spacial score (nSPS) is 24.9. The van der Waals surface area contributed by atoms with Crippen molar-refractivity contribution in [1.82, 2.24) is 5.32 Å². The molecule has 3 rings (SSSR count). The summed E-state index contributed by atoms with van der Waals surface area (Å²) in [7, 11) is 0. The largest absolute Gasteiger partial charge is 0.387 e. The summed E-state index contributed by atoms with van der Waals surface area (Å²) in [6.45, 7) is 2.08. The maximum absolute atomic E-state index is 12.4. The molecule has 142 valence electrons. The Labute approximate surface area is 162 Å². The molecule has 1 aromatic rings. The van der Waals surface area contributed by atoms with Crippen molar-refractivity contribution >= 4 is 28.9 Å². The van der Waals surface area contributed by atoms with E-state index in [1.165, 1.54) is 50.1 Å². The van der Waals surface area contributed by atoms with Crippen LogP contribution >= 0.6 is 11.6 Å². The van der Waals surface area contributed by atoms with Crippen molar-refractivity contribution in [3.8, 4) is 6.07 Å². The molecular weight excluding hydrogens is 368 g/mol. The zero-order valence-corrected chi connectivity index (χ0v) is 15.7. The molecule has 2 aliphatic rings. The fourth-order valence-electron chi connectivity index (χ4n) is 4.31. The molecule has 0 saturated heterocycles. The summed E-state index contributed by atoms with van der Waals surface area (Å²) in [5, 5.41) is 26.0. The van der Waals surface area contributed by atoms with Crippen LogP contribution in [0.1, 0.15) is 32.6 Å². The second kappa shape index (κ2) is 7.97. The van der Waals surface area contributed by atoms with Crippen molar-refractivity contribution in [3.63, 3.8) is 0 Å². The number of rotatable bonds is 6. The van der Waals surface area contributed by atoms with Crippen LogP contribution in [0, 0.1) is 39.2 Å².